The normalized spacial score (nSPS) is 10.3. The number of halogens is 1. The van der Waals surface area contributed by atoms with E-state index in [1.165, 1.54) is 0 Å². The van der Waals surface area contributed by atoms with Gasteiger partial charge in [-0.2, -0.15) is 0 Å². The van der Waals surface area contributed by atoms with E-state index < -0.39 is 0 Å². The Morgan fingerprint density at radius 3 is 2.50 bits per heavy atom. The fourth-order valence-electron chi connectivity index (χ4n) is 2.14. The number of hydrogen-bond acceptors (Lipinski definition) is 4. The maximum absolute atomic E-state index is 12.2. The van der Waals surface area contributed by atoms with Gasteiger partial charge in [0.05, 0.1) is 14.2 Å². The predicted octanol–water partition coefficient (Wildman–Crippen LogP) is 4.90. The van der Waals surface area contributed by atoms with Crippen LogP contribution in [0.2, 0.25) is 0 Å². The smallest absolute Gasteiger partial charge is 0.225 e. The first-order chi connectivity index (χ1) is 11.5. The van der Waals surface area contributed by atoms with Gasteiger partial charge in [-0.3, -0.25) is 4.79 Å². The SMILES string of the molecule is COc1cc(C)c(NC(=O)CCSc2ccccc2Br)cc1OC. The van der Waals surface area contributed by atoms with Gasteiger partial charge in [0.15, 0.2) is 11.5 Å². The third-order valence-corrected chi connectivity index (χ3v) is 5.46. The lowest BCUT2D eigenvalue weighted by atomic mass is 10.1. The van der Waals surface area contributed by atoms with Crippen molar-refractivity contribution < 1.29 is 14.3 Å². The molecule has 0 aliphatic carbocycles. The van der Waals surface area contributed by atoms with Gasteiger partial charge in [0.1, 0.15) is 0 Å². The molecule has 2 aromatic rings. The zero-order chi connectivity index (χ0) is 17.5. The van der Waals surface area contributed by atoms with Crippen molar-refractivity contribution in [2.45, 2.75) is 18.2 Å². The Morgan fingerprint density at radius 1 is 1.17 bits per heavy atom. The number of amides is 1. The molecule has 2 rings (SSSR count). The molecule has 1 amide bonds. The van der Waals surface area contributed by atoms with Gasteiger partial charge in [0.2, 0.25) is 5.91 Å². The second-order valence-electron chi connectivity index (χ2n) is 5.10. The van der Waals surface area contributed by atoms with Crippen molar-refractivity contribution in [2.24, 2.45) is 0 Å². The van der Waals surface area contributed by atoms with E-state index in [2.05, 4.69) is 21.2 Å². The molecule has 0 aliphatic heterocycles. The Balaban J connectivity index is 1.94. The molecule has 4 nitrogen and oxygen atoms in total. The van der Waals surface area contributed by atoms with Gasteiger partial charge in [0, 0.05) is 33.3 Å². The number of thioether (sulfide) groups is 1. The summed E-state index contributed by atoms with van der Waals surface area (Å²) in [6.45, 7) is 1.92. The van der Waals surface area contributed by atoms with Gasteiger partial charge in [-0.05, 0) is 46.6 Å². The molecule has 0 aliphatic rings. The molecule has 6 heteroatoms. The standard InChI is InChI=1S/C18H20BrNO3S/c1-12-10-15(22-2)16(23-3)11-14(12)20-18(21)8-9-24-17-7-5-4-6-13(17)19/h4-7,10-11H,8-9H2,1-3H3,(H,20,21). The highest BCUT2D eigenvalue weighted by Gasteiger charge is 2.11. The average molecular weight is 410 g/mol. The van der Waals surface area contributed by atoms with Crippen molar-refractivity contribution >= 4 is 39.3 Å². The number of rotatable bonds is 7. The van der Waals surface area contributed by atoms with Gasteiger partial charge < -0.3 is 14.8 Å². The molecular formula is C18H20BrNO3S. The summed E-state index contributed by atoms with van der Waals surface area (Å²) in [7, 11) is 3.17. The fraction of sp³-hybridized carbons (Fsp3) is 0.278. The molecular weight excluding hydrogens is 390 g/mol. The summed E-state index contributed by atoms with van der Waals surface area (Å²) in [5, 5.41) is 2.94. The van der Waals surface area contributed by atoms with Crippen LogP contribution in [0.1, 0.15) is 12.0 Å². The Hall–Kier alpha value is -1.66. The molecule has 0 saturated carbocycles. The second-order valence-corrected chi connectivity index (χ2v) is 7.09. The van der Waals surface area contributed by atoms with E-state index in [0.717, 1.165) is 20.6 Å². The summed E-state index contributed by atoms with van der Waals surface area (Å²) in [4.78, 5) is 13.3. The van der Waals surface area contributed by atoms with E-state index in [0.29, 0.717) is 23.7 Å². The lowest BCUT2D eigenvalue weighted by Crippen LogP contribution is -2.13. The minimum absolute atomic E-state index is 0.0233. The van der Waals surface area contributed by atoms with Crippen LogP contribution in [0.15, 0.2) is 45.8 Å². The Morgan fingerprint density at radius 2 is 1.83 bits per heavy atom. The number of hydrogen-bond donors (Lipinski definition) is 1. The fourth-order valence-corrected chi connectivity index (χ4v) is 3.66. The molecule has 0 heterocycles. The van der Waals surface area contributed by atoms with Crippen LogP contribution in [-0.4, -0.2) is 25.9 Å². The quantitative estimate of drug-likeness (QED) is 0.660. The molecule has 1 N–H and O–H groups in total. The maximum atomic E-state index is 12.2. The first-order valence-electron chi connectivity index (χ1n) is 7.45. The Labute approximate surface area is 155 Å². The number of benzene rings is 2. The van der Waals surface area contributed by atoms with Crippen LogP contribution in [0.5, 0.6) is 11.5 Å². The maximum Gasteiger partial charge on any atom is 0.225 e. The third-order valence-electron chi connectivity index (χ3n) is 3.43. The number of carbonyl (C=O) groups is 1. The summed E-state index contributed by atoms with van der Waals surface area (Å²) < 4.78 is 11.6. The molecule has 0 atom stereocenters. The Kier molecular flexibility index (Phi) is 6.99. The van der Waals surface area contributed by atoms with Crippen LogP contribution in [0.4, 0.5) is 5.69 Å². The highest BCUT2D eigenvalue weighted by molar-refractivity contribution is 9.10. The van der Waals surface area contributed by atoms with Crippen LogP contribution in [0, 0.1) is 6.92 Å². The lowest BCUT2D eigenvalue weighted by molar-refractivity contribution is -0.115. The number of aryl methyl sites for hydroxylation is 1. The van der Waals surface area contributed by atoms with Crippen LogP contribution >= 0.6 is 27.7 Å². The van der Waals surface area contributed by atoms with Crippen LogP contribution in [0.25, 0.3) is 0 Å². The van der Waals surface area contributed by atoms with E-state index in [4.69, 9.17) is 9.47 Å². The zero-order valence-electron chi connectivity index (χ0n) is 13.9. The Bertz CT molecular complexity index is 721. The third kappa shape index (κ3) is 4.92. The molecule has 24 heavy (non-hydrogen) atoms. The topological polar surface area (TPSA) is 47.6 Å². The van der Waals surface area contributed by atoms with Gasteiger partial charge in [-0.25, -0.2) is 0 Å². The molecule has 0 aromatic heterocycles. The number of carbonyl (C=O) groups excluding carboxylic acids is 1. The van der Waals surface area contributed by atoms with Crippen molar-refractivity contribution in [3.05, 3.63) is 46.4 Å². The van der Waals surface area contributed by atoms with E-state index >= 15 is 0 Å². The number of methoxy groups -OCH3 is 2. The van der Waals surface area contributed by atoms with Crippen molar-refractivity contribution in [3.8, 4) is 11.5 Å². The van der Waals surface area contributed by atoms with Crippen molar-refractivity contribution in [3.63, 3.8) is 0 Å². The zero-order valence-corrected chi connectivity index (χ0v) is 16.3. The number of anilines is 1. The summed E-state index contributed by atoms with van der Waals surface area (Å²) in [5.74, 6) is 1.93. The first kappa shape index (κ1) is 18.7. The van der Waals surface area contributed by atoms with Gasteiger partial charge in [-0.1, -0.05) is 12.1 Å². The van der Waals surface area contributed by atoms with E-state index in [1.807, 2.05) is 37.3 Å². The van der Waals surface area contributed by atoms with Crippen LogP contribution < -0.4 is 14.8 Å². The minimum Gasteiger partial charge on any atom is -0.493 e. The van der Waals surface area contributed by atoms with Crippen molar-refractivity contribution in [1.82, 2.24) is 0 Å². The molecule has 0 saturated heterocycles. The molecule has 0 fully saturated rings. The highest BCUT2D eigenvalue weighted by Crippen LogP contribution is 2.33. The summed E-state index contributed by atoms with van der Waals surface area (Å²) >= 11 is 5.16. The summed E-state index contributed by atoms with van der Waals surface area (Å²) in [6.07, 6.45) is 0.430. The average Bonchev–Trinajstić information content (AvgIpc) is 2.58. The van der Waals surface area contributed by atoms with Gasteiger partial charge in [-0.15, -0.1) is 11.8 Å². The predicted molar refractivity (Wildman–Crippen MR) is 102 cm³/mol. The number of nitrogens with one attached hydrogen (secondary N) is 1. The largest absolute Gasteiger partial charge is 0.493 e. The van der Waals surface area contributed by atoms with Gasteiger partial charge >= 0.3 is 0 Å². The molecule has 0 spiro atoms. The number of ether oxygens (including phenoxy) is 2. The van der Waals surface area contributed by atoms with Crippen molar-refractivity contribution in [1.29, 1.82) is 0 Å². The highest BCUT2D eigenvalue weighted by atomic mass is 79.9. The summed E-state index contributed by atoms with van der Waals surface area (Å²) in [6, 6.07) is 11.6. The monoisotopic (exact) mass is 409 g/mol. The minimum atomic E-state index is -0.0233. The second kappa shape index (κ2) is 8.99. The molecule has 128 valence electrons. The lowest BCUT2D eigenvalue weighted by Gasteiger charge is -2.13. The molecule has 0 unspecified atom stereocenters. The molecule has 2 aromatic carbocycles. The summed E-state index contributed by atoms with van der Waals surface area (Å²) in [5.41, 5.74) is 1.67. The first-order valence-corrected chi connectivity index (χ1v) is 9.22. The molecule has 0 radical (unpaired) electrons. The molecule has 0 bridgehead atoms. The van der Waals surface area contributed by atoms with Gasteiger partial charge in [0.25, 0.3) is 0 Å². The van der Waals surface area contributed by atoms with E-state index in [-0.39, 0.29) is 5.91 Å². The van der Waals surface area contributed by atoms with E-state index in [9.17, 15) is 4.79 Å². The van der Waals surface area contributed by atoms with Crippen LogP contribution in [0.3, 0.4) is 0 Å². The van der Waals surface area contributed by atoms with E-state index in [1.54, 1.807) is 32.0 Å². The van der Waals surface area contributed by atoms with Crippen molar-refractivity contribution in [2.75, 3.05) is 25.3 Å². The van der Waals surface area contributed by atoms with Crippen LogP contribution in [-0.2, 0) is 4.79 Å².